The lowest BCUT2D eigenvalue weighted by molar-refractivity contribution is 0.0402. The van der Waals surface area contributed by atoms with Crippen molar-refractivity contribution in [1.29, 1.82) is 0 Å². The highest BCUT2D eigenvalue weighted by Crippen LogP contribution is 2.37. The van der Waals surface area contributed by atoms with E-state index < -0.39 is 0 Å². The number of nitrogens with two attached hydrogens (primary N) is 1. The van der Waals surface area contributed by atoms with E-state index in [4.69, 9.17) is 5.73 Å². The van der Waals surface area contributed by atoms with Crippen molar-refractivity contribution in [2.45, 2.75) is 24.7 Å². The number of nitrogens with one attached hydrogen (secondary N) is 1. The fourth-order valence-electron chi connectivity index (χ4n) is 5.16. The number of carbonyl (C=O) groups excluding carboxylic acids is 1. The third-order valence-electron chi connectivity index (χ3n) is 6.90. The van der Waals surface area contributed by atoms with Gasteiger partial charge in [-0.3, -0.25) is 14.4 Å². The minimum atomic E-state index is -0.161. The molecule has 5 rings (SSSR count). The second kappa shape index (κ2) is 10.7. The number of aromatic nitrogens is 2. The van der Waals surface area contributed by atoms with E-state index in [1.165, 1.54) is 11.1 Å². The number of hydrogen-bond donors (Lipinski definition) is 2. The van der Waals surface area contributed by atoms with Crippen LogP contribution in [0.5, 0.6) is 0 Å². The predicted molar refractivity (Wildman–Crippen MR) is 138 cm³/mol. The predicted octanol–water partition coefficient (Wildman–Crippen LogP) is 4.25. The number of benzene rings is 3. The van der Waals surface area contributed by atoms with Crippen LogP contribution in [0.3, 0.4) is 0 Å². The first kappa shape index (κ1) is 23.0. The van der Waals surface area contributed by atoms with E-state index in [1.54, 1.807) is 0 Å². The van der Waals surface area contributed by atoms with Gasteiger partial charge in [0.05, 0.1) is 18.2 Å². The standard InChI is InChI=1S/C29H31N5O/c30-27-19-25(20-31-29(35)24-15-8-3-9-16-24)26(34-18-10-17-32-34)21-33(27)28(22-11-4-1-5-12-22)23-13-6-2-7-14-23/h1-18,25-28H,19-21,30H2,(H,31,35). The van der Waals surface area contributed by atoms with Crippen molar-refractivity contribution in [2.24, 2.45) is 11.7 Å². The highest BCUT2D eigenvalue weighted by molar-refractivity contribution is 5.94. The summed E-state index contributed by atoms with van der Waals surface area (Å²) >= 11 is 0. The summed E-state index contributed by atoms with van der Waals surface area (Å²) in [5.41, 5.74) is 9.95. The second-order valence-corrected chi connectivity index (χ2v) is 9.11. The third kappa shape index (κ3) is 5.19. The highest BCUT2D eigenvalue weighted by atomic mass is 16.1. The van der Waals surface area contributed by atoms with Gasteiger partial charge in [0.15, 0.2) is 0 Å². The van der Waals surface area contributed by atoms with Crippen LogP contribution in [0.25, 0.3) is 0 Å². The molecule has 1 aromatic heterocycles. The Morgan fingerprint density at radius 3 is 2.09 bits per heavy atom. The maximum Gasteiger partial charge on any atom is 0.251 e. The molecule has 6 nitrogen and oxygen atoms in total. The Labute approximate surface area is 206 Å². The Morgan fingerprint density at radius 1 is 0.914 bits per heavy atom. The summed E-state index contributed by atoms with van der Waals surface area (Å²) in [5.74, 6) is 0.0910. The quantitative estimate of drug-likeness (QED) is 0.428. The lowest BCUT2D eigenvalue weighted by atomic mass is 9.86. The highest BCUT2D eigenvalue weighted by Gasteiger charge is 2.39. The van der Waals surface area contributed by atoms with Crippen LogP contribution >= 0.6 is 0 Å². The van der Waals surface area contributed by atoms with Crippen LogP contribution in [-0.2, 0) is 0 Å². The monoisotopic (exact) mass is 465 g/mol. The van der Waals surface area contributed by atoms with Crippen molar-refractivity contribution >= 4 is 5.91 Å². The van der Waals surface area contributed by atoms with Gasteiger partial charge in [0, 0.05) is 37.0 Å². The summed E-state index contributed by atoms with van der Waals surface area (Å²) in [6.07, 6.45) is 4.40. The first-order valence-corrected chi connectivity index (χ1v) is 12.1. The zero-order chi connectivity index (χ0) is 24.0. The average molecular weight is 466 g/mol. The Hall–Kier alpha value is -3.74. The van der Waals surface area contributed by atoms with Crippen LogP contribution in [0.4, 0.5) is 0 Å². The maximum absolute atomic E-state index is 12.7. The molecule has 2 heterocycles. The third-order valence-corrected chi connectivity index (χ3v) is 6.90. The van der Waals surface area contributed by atoms with Gasteiger partial charge in [0.25, 0.3) is 5.91 Å². The van der Waals surface area contributed by atoms with E-state index in [1.807, 2.05) is 65.6 Å². The summed E-state index contributed by atoms with van der Waals surface area (Å²) in [6, 6.07) is 32.4. The van der Waals surface area contributed by atoms with Crippen molar-refractivity contribution in [3.63, 3.8) is 0 Å². The van der Waals surface area contributed by atoms with Crippen LogP contribution < -0.4 is 11.1 Å². The number of carbonyl (C=O) groups is 1. The first-order valence-electron chi connectivity index (χ1n) is 12.1. The molecule has 1 saturated heterocycles. The van der Waals surface area contributed by atoms with Gasteiger partial charge in [0.1, 0.15) is 0 Å². The van der Waals surface area contributed by atoms with Crippen molar-refractivity contribution in [2.75, 3.05) is 13.1 Å². The van der Waals surface area contributed by atoms with Gasteiger partial charge in [-0.05, 0) is 35.7 Å². The maximum atomic E-state index is 12.7. The Kier molecular flexibility index (Phi) is 7.02. The summed E-state index contributed by atoms with van der Waals surface area (Å²) < 4.78 is 2.02. The number of piperidine rings is 1. The summed E-state index contributed by atoms with van der Waals surface area (Å²) in [7, 11) is 0. The molecule has 1 aliphatic rings. The molecule has 3 N–H and O–H groups in total. The Balaban J connectivity index is 1.41. The molecule has 1 aliphatic heterocycles. The Morgan fingerprint density at radius 2 is 1.51 bits per heavy atom. The molecule has 3 unspecified atom stereocenters. The van der Waals surface area contributed by atoms with Crippen LogP contribution in [0.15, 0.2) is 109 Å². The van der Waals surface area contributed by atoms with Crippen molar-refractivity contribution < 1.29 is 4.79 Å². The van der Waals surface area contributed by atoms with Crippen LogP contribution in [0.1, 0.15) is 40.0 Å². The average Bonchev–Trinajstić information content (AvgIpc) is 3.45. The normalized spacial score (nSPS) is 20.6. The number of rotatable bonds is 7. The molecule has 3 atom stereocenters. The van der Waals surface area contributed by atoms with Gasteiger partial charge >= 0.3 is 0 Å². The molecular weight excluding hydrogens is 434 g/mol. The zero-order valence-electron chi connectivity index (χ0n) is 19.7. The summed E-state index contributed by atoms with van der Waals surface area (Å²) in [4.78, 5) is 15.1. The van der Waals surface area contributed by atoms with Crippen LogP contribution in [0, 0.1) is 5.92 Å². The molecule has 178 valence electrons. The molecule has 6 heteroatoms. The van der Waals surface area contributed by atoms with E-state index in [0.717, 1.165) is 13.0 Å². The van der Waals surface area contributed by atoms with E-state index >= 15 is 0 Å². The number of amides is 1. The molecule has 0 spiro atoms. The van der Waals surface area contributed by atoms with Crippen molar-refractivity contribution in [3.05, 3.63) is 126 Å². The molecule has 0 saturated carbocycles. The second-order valence-electron chi connectivity index (χ2n) is 9.11. The van der Waals surface area contributed by atoms with E-state index in [0.29, 0.717) is 12.1 Å². The first-order chi connectivity index (χ1) is 17.2. The fourth-order valence-corrected chi connectivity index (χ4v) is 5.16. The van der Waals surface area contributed by atoms with E-state index in [2.05, 4.69) is 63.8 Å². The topological polar surface area (TPSA) is 76.2 Å². The van der Waals surface area contributed by atoms with Gasteiger partial charge in [0.2, 0.25) is 0 Å². The van der Waals surface area contributed by atoms with Gasteiger partial charge < -0.3 is 11.1 Å². The van der Waals surface area contributed by atoms with E-state index in [-0.39, 0.29) is 30.1 Å². The molecule has 1 amide bonds. The smallest absolute Gasteiger partial charge is 0.251 e. The van der Waals surface area contributed by atoms with Crippen molar-refractivity contribution in [3.8, 4) is 0 Å². The lowest BCUT2D eigenvalue weighted by Gasteiger charge is -2.46. The largest absolute Gasteiger partial charge is 0.352 e. The van der Waals surface area contributed by atoms with E-state index in [9.17, 15) is 4.79 Å². The van der Waals surface area contributed by atoms with Gasteiger partial charge in [-0.2, -0.15) is 5.10 Å². The van der Waals surface area contributed by atoms with Crippen molar-refractivity contribution in [1.82, 2.24) is 20.0 Å². The fraction of sp³-hybridized carbons (Fsp3) is 0.241. The number of likely N-dealkylation sites (tertiary alicyclic amines) is 1. The zero-order valence-corrected chi connectivity index (χ0v) is 19.7. The number of nitrogens with zero attached hydrogens (tertiary/aromatic N) is 3. The van der Waals surface area contributed by atoms with Gasteiger partial charge in [-0.15, -0.1) is 0 Å². The Bertz CT molecular complexity index is 1160. The minimum absolute atomic E-state index is 0.0327. The molecule has 3 aromatic carbocycles. The van der Waals surface area contributed by atoms with Crippen LogP contribution in [-0.4, -0.2) is 39.8 Å². The van der Waals surface area contributed by atoms with Gasteiger partial charge in [-0.1, -0.05) is 78.9 Å². The minimum Gasteiger partial charge on any atom is -0.352 e. The summed E-state index contributed by atoms with van der Waals surface area (Å²) in [5, 5.41) is 7.71. The summed E-state index contributed by atoms with van der Waals surface area (Å²) in [6.45, 7) is 1.27. The number of hydrogen-bond acceptors (Lipinski definition) is 4. The lowest BCUT2D eigenvalue weighted by Crippen LogP contribution is -2.55. The molecule has 0 bridgehead atoms. The molecule has 0 radical (unpaired) electrons. The molecule has 1 fully saturated rings. The molecular formula is C29H31N5O. The molecule has 4 aromatic rings. The van der Waals surface area contributed by atoms with Gasteiger partial charge in [-0.25, -0.2) is 0 Å². The molecule has 35 heavy (non-hydrogen) atoms. The molecule has 0 aliphatic carbocycles. The SMILES string of the molecule is NC1CC(CNC(=O)c2ccccc2)C(n2cccn2)CN1C(c1ccccc1)c1ccccc1. The van der Waals surface area contributed by atoms with Crippen LogP contribution in [0.2, 0.25) is 0 Å².